The van der Waals surface area contributed by atoms with Crippen molar-refractivity contribution < 1.29 is 4.74 Å². The number of fused-ring (bicyclic) bond motifs is 1. The molecule has 1 aliphatic rings. The number of hydrogen-bond acceptors (Lipinski definition) is 2. The van der Waals surface area contributed by atoms with E-state index in [4.69, 9.17) is 4.74 Å². The van der Waals surface area contributed by atoms with Crippen molar-refractivity contribution in [1.29, 1.82) is 0 Å². The molecule has 23 heavy (non-hydrogen) atoms. The standard InChI is InChI=1S/C20H19NO.ClH/c1-2-8-19(9-3-1)22-20(18-13-21-14-18)17-11-10-15-6-4-5-7-16(15)12-17;/h1-12,18,20-21H,13-14H2;1H. The van der Waals surface area contributed by atoms with E-state index in [0.717, 1.165) is 18.8 Å². The third-order valence-corrected chi connectivity index (χ3v) is 4.35. The summed E-state index contributed by atoms with van der Waals surface area (Å²) in [6.07, 6.45) is 0.105. The van der Waals surface area contributed by atoms with Crippen LogP contribution in [0, 0.1) is 5.92 Å². The van der Waals surface area contributed by atoms with Crippen molar-refractivity contribution in [2.24, 2.45) is 5.92 Å². The van der Waals surface area contributed by atoms with Crippen LogP contribution in [0.25, 0.3) is 10.8 Å². The van der Waals surface area contributed by atoms with E-state index < -0.39 is 0 Å². The van der Waals surface area contributed by atoms with Crippen LogP contribution in [0.15, 0.2) is 72.8 Å². The van der Waals surface area contributed by atoms with Gasteiger partial charge in [0.2, 0.25) is 0 Å². The van der Waals surface area contributed by atoms with Gasteiger partial charge in [0.15, 0.2) is 0 Å². The van der Waals surface area contributed by atoms with Crippen molar-refractivity contribution in [2.45, 2.75) is 6.10 Å². The molecule has 0 aromatic heterocycles. The zero-order chi connectivity index (χ0) is 14.8. The molecule has 3 aromatic carbocycles. The number of rotatable bonds is 4. The Morgan fingerprint density at radius 2 is 1.52 bits per heavy atom. The van der Waals surface area contributed by atoms with Gasteiger partial charge in [-0.15, -0.1) is 12.4 Å². The topological polar surface area (TPSA) is 21.3 Å². The van der Waals surface area contributed by atoms with Gasteiger partial charge in [-0.2, -0.15) is 0 Å². The van der Waals surface area contributed by atoms with E-state index in [1.54, 1.807) is 0 Å². The minimum atomic E-state index is 0. The predicted octanol–water partition coefficient (Wildman–Crippen LogP) is 4.60. The van der Waals surface area contributed by atoms with Crippen LogP contribution < -0.4 is 10.1 Å². The van der Waals surface area contributed by atoms with Crippen molar-refractivity contribution in [2.75, 3.05) is 13.1 Å². The molecule has 0 aliphatic carbocycles. The van der Waals surface area contributed by atoms with Crippen LogP contribution in [0.3, 0.4) is 0 Å². The fraction of sp³-hybridized carbons (Fsp3) is 0.200. The molecule has 4 rings (SSSR count). The maximum atomic E-state index is 6.31. The molecule has 1 heterocycles. The summed E-state index contributed by atoms with van der Waals surface area (Å²) in [7, 11) is 0. The molecule has 3 aromatic rings. The maximum Gasteiger partial charge on any atom is 0.129 e. The largest absolute Gasteiger partial charge is 0.485 e. The molecule has 0 saturated carbocycles. The summed E-state index contributed by atoms with van der Waals surface area (Å²) in [6, 6.07) is 25.3. The molecule has 1 saturated heterocycles. The minimum absolute atomic E-state index is 0. The van der Waals surface area contributed by atoms with Crippen molar-refractivity contribution in [1.82, 2.24) is 5.32 Å². The Morgan fingerprint density at radius 3 is 2.22 bits per heavy atom. The van der Waals surface area contributed by atoms with Crippen LogP contribution >= 0.6 is 12.4 Å². The summed E-state index contributed by atoms with van der Waals surface area (Å²) >= 11 is 0. The lowest BCUT2D eigenvalue weighted by atomic mass is 9.89. The average Bonchev–Trinajstić information content (AvgIpc) is 2.53. The number of benzene rings is 3. The smallest absolute Gasteiger partial charge is 0.129 e. The number of hydrogen-bond donors (Lipinski definition) is 1. The fourth-order valence-corrected chi connectivity index (χ4v) is 2.99. The first-order valence-electron chi connectivity index (χ1n) is 7.81. The van der Waals surface area contributed by atoms with Gasteiger partial charge in [-0.3, -0.25) is 0 Å². The number of nitrogens with one attached hydrogen (secondary N) is 1. The summed E-state index contributed by atoms with van der Waals surface area (Å²) in [5.74, 6) is 1.47. The van der Waals surface area contributed by atoms with Crippen molar-refractivity contribution >= 4 is 23.2 Å². The quantitative estimate of drug-likeness (QED) is 0.757. The highest BCUT2D eigenvalue weighted by atomic mass is 35.5. The Balaban J connectivity index is 0.00000156. The molecule has 3 heteroatoms. The molecule has 0 amide bonds. The van der Waals surface area contributed by atoms with Gasteiger partial charge in [-0.05, 0) is 34.5 Å². The van der Waals surface area contributed by atoms with E-state index in [1.165, 1.54) is 16.3 Å². The first-order chi connectivity index (χ1) is 10.9. The summed E-state index contributed by atoms with van der Waals surface area (Å²) in [5.41, 5.74) is 1.26. The minimum Gasteiger partial charge on any atom is -0.485 e. The van der Waals surface area contributed by atoms with Crippen LogP contribution in [0.1, 0.15) is 11.7 Å². The summed E-state index contributed by atoms with van der Waals surface area (Å²) in [4.78, 5) is 0. The fourth-order valence-electron chi connectivity index (χ4n) is 2.99. The Kier molecular flexibility index (Phi) is 4.85. The lowest BCUT2D eigenvalue weighted by Gasteiger charge is -2.35. The van der Waals surface area contributed by atoms with Crippen molar-refractivity contribution in [3.63, 3.8) is 0 Å². The Hall–Kier alpha value is -2.03. The van der Waals surface area contributed by atoms with Crippen molar-refractivity contribution in [3.05, 3.63) is 78.4 Å². The van der Waals surface area contributed by atoms with Gasteiger partial charge in [0, 0.05) is 19.0 Å². The van der Waals surface area contributed by atoms with Crippen LogP contribution in [-0.4, -0.2) is 13.1 Å². The molecular formula is C20H20ClNO. The number of ether oxygens (including phenoxy) is 1. The molecule has 0 bridgehead atoms. The van der Waals surface area contributed by atoms with E-state index in [9.17, 15) is 0 Å². The molecule has 2 nitrogen and oxygen atoms in total. The van der Waals surface area contributed by atoms with Gasteiger partial charge in [-0.25, -0.2) is 0 Å². The highest BCUT2D eigenvalue weighted by Gasteiger charge is 2.30. The molecular weight excluding hydrogens is 306 g/mol. The van der Waals surface area contributed by atoms with Gasteiger partial charge in [0.25, 0.3) is 0 Å². The molecule has 1 N–H and O–H groups in total. The monoisotopic (exact) mass is 325 g/mol. The van der Waals surface area contributed by atoms with Gasteiger partial charge in [-0.1, -0.05) is 54.6 Å². The van der Waals surface area contributed by atoms with E-state index in [-0.39, 0.29) is 18.5 Å². The Morgan fingerprint density at radius 1 is 0.826 bits per heavy atom. The molecule has 1 fully saturated rings. The Labute approximate surface area is 142 Å². The first kappa shape index (κ1) is 15.9. The SMILES string of the molecule is Cl.c1ccc(OC(c2ccc3ccccc3c2)C2CNC2)cc1. The first-order valence-corrected chi connectivity index (χ1v) is 7.81. The van der Waals surface area contributed by atoms with Crippen LogP contribution in [0.5, 0.6) is 5.75 Å². The van der Waals surface area contributed by atoms with E-state index >= 15 is 0 Å². The van der Waals surface area contributed by atoms with Gasteiger partial charge < -0.3 is 10.1 Å². The van der Waals surface area contributed by atoms with Crippen LogP contribution in [-0.2, 0) is 0 Å². The zero-order valence-electron chi connectivity index (χ0n) is 12.8. The zero-order valence-corrected chi connectivity index (χ0v) is 13.6. The van der Waals surface area contributed by atoms with Crippen molar-refractivity contribution in [3.8, 4) is 5.75 Å². The number of halogens is 1. The summed E-state index contributed by atoms with van der Waals surface area (Å²) in [6.45, 7) is 2.04. The van der Waals surface area contributed by atoms with E-state index in [0.29, 0.717) is 5.92 Å². The maximum absolute atomic E-state index is 6.31. The third kappa shape index (κ3) is 3.34. The Bertz CT molecular complexity index is 771. The molecule has 1 aliphatic heterocycles. The van der Waals surface area contributed by atoms with Gasteiger partial charge in [0.05, 0.1) is 0 Å². The van der Waals surface area contributed by atoms with Crippen LogP contribution in [0.2, 0.25) is 0 Å². The lowest BCUT2D eigenvalue weighted by molar-refractivity contribution is 0.0994. The second-order valence-electron chi connectivity index (χ2n) is 5.88. The second kappa shape index (κ2) is 7.03. The average molecular weight is 326 g/mol. The van der Waals surface area contributed by atoms with E-state index in [2.05, 4.69) is 47.8 Å². The summed E-state index contributed by atoms with van der Waals surface area (Å²) in [5, 5.41) is 5.90. The molecule has 1 atom stereocenters. The highest BCUT2D eigenvalue weighted by Crippen LogP contribution is 2.32. The molecule has 118 valence electrons. The van der Waals surface area contributed by atoms with E-state index in [1.807, 2.05) is 30.3 Å². The third-order valence-electron chi connectivity index (χ3n) is 4.35. The predicted molar refractivity (Wildman–Crippen MR) is 97.4 cm³/mol. The number of para-hydroxylation sites is 1. The normalized spacial score (nSPS) is 15.5. The van der Waals surface area contributed by atoms with Gasteiger partial charge in [0.1, 0.15) is 11.9 Å². The molecule has 0 radical (unpaired) electrons. The lowest BCUT2D eigenvalue weighted by Crippen LogP contribution is -2.46. The van der Waals surface area contributed by atoms with Gasteiger partial charge >= 0.3 is 0 Å². The molecule has 0 spiro atoms. The molecule has 1 unspecified atom stereocenters. The second-order valence-corrected chi connectivity index (χ2v) is 5.88. The highest BCUT2D eigenvalue weighted by molar-refractivity contribution is 5.85. The van der Waals surface area contributed by atoms with Crippen LogP contribution in [0.4, 0.5) is 0 Å². The summed E-state index contributed by atoms with van der Waals surface area (Å²) < 4.78 is 6.31.